The normalized spacial score (nSPS) is 13.8. The second kappa shape index (κ2) is 5.99. The van der Waals surface area contributed by atoms with Crippen LogP contribution >= 0.6 is 27.3 Å². The average Bonchev–Trinajstić information content (AvgIpc) is 3.19. The minimum atomic E-state index is -0.426. The van der Waals surface area contributed by atoms with Crippen molar-refractivity contribution in [3.8, 4) is 5.75 Å². The van der Waals surface area contributed by atoms with Crippen molar-refractivity contribution in [1.29, 1.82) is 0 Å². The van der Waals surface area contributed by atoms with Gasteiger partial charge in [0.1, 0.15) is 10.6 Å². The molecule has 0 bridgehead atoms. The Bertz CT molecular complexity index is 694. The number of carbonyl (C=O) groups is 2. The van der Waals surface area contributed by atoms with Crippen LogP contribution < -0.4 is 10.1 Å². The molecule has 2 aromatic rings. The van der Waals surface area contributed by atoms with Crippen molar-refractivity contribution in [3.05, 3.63) is 45.7 Å². The van der Waals surface area contributed by atoms with Crippen molar-refractivity contribution in [1.82, 2.24) is 0 Å². The highest BCUT2D eigenvalue weighted by molar-refractivity contribution is 9.10. The van der Waals surface area contributed by atoms with Crippen LogP contribution in [0.15, 0.2) is 40.9 Å². The summed E-state index contributed by atoms with van der Waals surface area (Å²) in [4.78, 5) is 24.1. The van der Waals surface area contributed by atoms with Gasteiger partial charge in [-0.1, -0.05) is 22.0 Å². The number of carbonyl (C=O) groups excluding carboxylic acids is 2. The Labute approximate surface area is 134 Å². The highest BCUT2D eigenvalue weighted by Gasteiger charge is 2.29. The number of benzene rings is 1. The van der Waals surface area contributed by atoms with Crippen LogP contribution in [-0.2, 0) is 4.79 Å². The van der Waals surface area contributed by atoms with Gasteiger partial charge in [0.15, 0.2) is 0 Å². The fraction of sp³-hybridized carbons (Fsp3) is 0.200. The number of rotatable bonds is 4. The average molecular weight is 366 g/mol. The Morgan fingerprint density at radius 1 is 1.24 bits per heavy atom. The fourth-order valence-electron chi connectivity index (χ4n) is 1.77. The summed E-state index contributed by atoms with van der Waals surface area (Å²) in [5.74, 6) is 0.226. The second-order valence-electron chi connectivity index (χ2n) is 4.77. The SMILES string of the molecule is O=C(Oc1cccc(Br)c1)c1ccc(NC(=O)C2CC2)s1. The summed E-state index contributed by atoms with van der Waals surface area (Å²) >= 11 is 4.54. The molecular weight excluding hydrogens is 354 g/mol. The minimum absolute atomic E-state index is 0.0313. The van der Waals surface area contributed by atoms with Crippen molar-refractivity contribution in [3.63, 3.8) is 0 Å². The maximum absolute atomic E-state index is 12.0. The standard InChI is InChI=1S/C15H12BrNO3S/c16-10-2-1-3-11(8-10)20-15(19)12-6-7-13(21-12)17-14(18)9-4-5-9/h1-3,6-9H,4-5H2,(H,17,18). The van der Waals surface area contributed by atoms with E-state index in [0.29, 0.717) is 15.6 Å². The van der Waals surface area contributed by atoms with Crippen LogP contribution in [0.5, 0.6) is 5.75 Å². The monoisotopic (exact) mass is 365 g/mol. The lowest BCUT2D eigenvalue weighted by Crippen LogP contribution is -2.12. The van der Waals surface area contributed by atoms with E-state index in [1.807, 2.05) is 6.07 Å². The molecule has 1 aromatic carbocycles. The number of ether oxygens (including phenoxy) is 1. The van der Waals surface area contributed by atoms with Crippen LogP contribution in [-0.4, -0.2) is 11.9 Å². The summed E-state index contributed by atoms with van der Waals surface area (Å²) < 4.78 is 6.13. The van der Waals surface area contributed by atoms with Gasteiger partial charge in [-0.2, -0.15) is 0 Å². The van der Waals surface area contributed by atoms with Gasteiger partial charge >= 0.3 is 5.97 Å². The molecule has 0 unspecified atom stereocenters. The zero-order valence-electron chi connectivity index (χ0n) is 11.0. The molecule has 0 spiro atoms. The molecule has 1 aliphatic rings. The molecule has 0 saturated heterocycles. The van der Waals surface area contributed by atoms with Crippen molar-refractivity contribution in [2.75, 3.05) is 5.32 Å². The number of halogens is 1. The Kier molecular flexibility index (Phi) is 4.07. The zero-order valence-corrected chi connectivity index (χ0v) is 13.4. The van der Waals surface area contributed by atoms with Crippen LogP contribution in [0.1, 0.15) is 22.5 Å². The molecule has 1 fully saturated rings. The first-order valence-electron chi connectivity index (χ1n) is 6.50. The number of hydrogen-bond donors (Lipinski definition) is 1. The van der Waals surface area contributed by atoms with Crippen molar-refractivity contribution < 1.29 is 14.3 Å². The Balaban J connectivity index is 1.64. The van der Waals surface area contributed by atoms with E-state index < -0.39 is 5.97 Å². The highest BCUT2D eigenvalue weighted by atomic mass is 79.9. The fourth-order valence-corrected chi connectivity index (χ4v) is 2.94. The third-order valence-corrected chi connectivity index (χ3v) is 4.48. The van der Waals surface area contributed by atoms with Gasteiger partial charge < -0.3 is 10.1 Å². The summed E-state index contributed by atoms with van der Waals surface area (Å²) in [6.45, 7) is 0. The van der Waals surface area contributed by atoms with Crippen molar-refractivity contribution in [2.24, 2.45) is 5.92 Å². The lowest BCUT2D eigenvalue weighted by molar-refractivity contribution is -0.117. The quantitative estimate of drug-likeness (QED) is 0.655. The Morgan fingerprint density at radius 3 is 2.76 bits per heavy atom. The highest BCUT2D eigenvalue weighted by Crippen LogP contribution is 2.32. The van der Waals surface area contributed by atoms with E-state index in [2.05, 4.69) is 21.2 Å². The summed E-state index contributed by atoms with van der Waals surface area (Å²) in [7, 11) is 0. The molecule has 6 heteroatoms. The van der Waals surface area contributed by atoms with E-state index in [0.717, 1.165) is 17.3 Å². The molecule has 0 radical (unpaired) electrons. The second-order valence-corrected chi connectivity index (χ2v) is 6.77. The molecular formula is C15H12BrNO3S. The molecule has 21 heavy (non-hydrogen) atoms. The molecule has 4 nitrogen and oxygen atoms in total. The summed E-state index contributed by atoms with van der Waals surface area (Å²) in [6.07, 6.45) is 1.91. The molecule has 0 aliphatic heterocycles. The third-order valence-electron chi connectivity index (χ3n) is 3.01. The molecule has 1 aromatic heterocycles. The molecule has 1 heterocycles. The number of amides is 1. The van der Waals surface area contributed by atoms with Gasteiger partial charge in [0.2, 0.25) is 5.91 Å². The number of anilines is 1. The molecule has 1 aliphatic carbocycles. The van der Waals surface area contributed by atoms with Crippen LogP contribution in [0, 0.1) is 5.92 Å². The van der Waals surface area contributed by atoms with Crippen LogP contribution in [0.4, 0.5) is 5.00 Å². The van der Waals surface area contributed by atoms with Crippen LogP contribution in [0.2, 0.25) is 0 Å². The molecule has 0 atom stereocenters. The van der Waals surface area contributed by atoms with E-state index in [-0.39, 0.29) is 11.8 Å². The lowest BCUT2D eigenvalue weighted by atomic mass is 10.3. The van der Waals surface area contributed by atoms with Gasteiger partial charge in [0.25, 0.3) is 0 Å². The van der Waals surface area contributed by atoms with E-state index in [4.69, 9.17) is 4.74 Å². The van der Waals surface area contributed by atoms with Crippen molar-refractivity contribution in [2.45, 2.75) is 12.8 Å². The largest absolute Gasteiger partial charge is 0.422 e. The number of hydrogen-bond acceptors (Lipinski definition) is 4. The summed E-state index contributed by atoms with van der Waals surface area (Å²) in [6, 6.07) is 10.5. The van der Waals surface area contributed by atoms with Gasteiger partial charge in [0, 0.05) is 10.4 Å². The maximum Gasteiger partial charge on any atom is 0.353 e. The van der Waals surface area contributed by atoms with E-state index in [1.54, 1.807) is 30.3 Å². The van der Waals surface area contributed by atoms with E-state index >= 15 is 0 Å². The summed E-state index contributed by atoms with van der Waals surface area (Å²) in [5.41, 5.74) is 0. The Morgan fingerprint density at radius 2 is 2.05 bits per heavy atom. The predicted molar refractivity (Wildman–Crippen MR) is 84.8 cm³/mol. The zero-order chi connectivity index (χ0) is 14.8. The number of esters is 1. The van der Waals surface area contributed by atoms with Gasteiger partial charge in [-0.05, 0) is 43.2 Å². The number of thiophene rings is 1. The Hall–Kier alpha value is -1.66. The summed E-state index contributed by atoms with van der Waals surface area (Å²) in [5, 5.41) is 3.49. The molecule has 1 saturated carbocycles. The molecule has 1 amide bonds. The van der Waals surface area contributed by atoms with Gasteiger partial charge in [0.05, 0.1) is 5.00 Å². The third kappa shape index (κ3) is 3.71. The van der Waals surface area contributed by atoms with Crippen LogP contribution in [0.25, 0.3) is 0 Å². The van der Waals surface area contributed by atoms with Gasteiger partial charge in [-0.3, -0.25) is 4.79 Å². The first-order chi connectivity index (χ1) is 10.1. The van der Waals surface area contributed by atoms with Gasteiger partial charge in [-0.15, -0.1) is 11.3 Å². The molecule has 1 N–H and O–H groups in total. The lowest BCUT2D eigenvalue weighted by Gasteiger charge is -2.02. The predicted octanol–water partition coefficient (Wildman–Crippen LogP) is 4.08. The smallest absolute Gasteiger partial charge is 0.353 e. The molecule has 108 valence electrons. The molecule has 3 rings (SSSR count). The van der Waals surface area contributed by atoms with Crippen molar-refractivity contribution >= 4 is 44.1 Å². The van der Waals surface area contributed by atoms with Crippen LogP contribution in [0.3, 0.4) is 0 Å². The minimum Gasteiger partial charge on any atom is -0.422 e. The van der Waals surface area contributed by atoms with Gasteiger partial charge in [-0.25, -0.2) is 4.79 Å². The van der Waals surface area contributed by atoms with E-state index in [9.17, 15) is 9.59 Å². The topological polar surface area (TPSA) is 55.4 Å². The van der Waals surface area contributed by atoms with E-state index in [1.165, 1.54) is 11.3 Å². The first kappa shape index (κ1) is 14.3. The first-order valence-corrected chi connectivity index (χ1v) is 8.11. The number of nitrogens with one attached hydrogen (secondary N) is 1. The maximum atomic E-state index is 12.0.